The van der Waals surface area contributed by atoms with Crippen LogP contribution in [0.2, 0.25) is 0 Å². The highest BCUT2D eigenvalue weighted by molar-refractivity contribution is 9.10. The number of halogens is 1. The van der Waals surface area contributed by atoms with E-state index in [2.05, 4.69) is 15.9 Å². The van der Waals surface area contributed by atoms with Crippen LogP contribution in [0.5, 0.6) is 0 Å². The van der Waals surface area contributed by atoms with Gasteiger partial charge in [-0.15, -0.1) is 0 Å². The van der Waals surface area contributed by atoms with Crippen molar-refractivity contribution in [3.8, 4) is 0 Å². The van der Waals surface area contributed by atoms with Crippen molar-refractivity contribution >= 4 is 39.0 Å². The molecular formula is C13H17BrN2OS. The normalized spacial score (nSPS) is 12.0. The van der Waals surface area contributed by atoms with E-state index < -0.39 is 0 Å². The molecule has 18 heavy (non-hydrogen) atoms. The van der Waals surface area contributed by atoms with Crippen LogP contribution in [0.25, 0.3) is 0 Å². The molecule has 0 saturated carbocycles. The van der Waals surface area contributed by atoms with E-state index >= 15 is 0 Å². The third-order valence-electron chi connectivity index (χ3n) is 2.80. The number of hydrogen-bond acceptors (Lipinski definition) is 2. The maximum Gasteiger partial charge on any atom is 0.253 e. The van der Waals surface area contributed by atoms with E-state index in [9.17, 15) is 4.79 Å². The Morgan fingerprint density at radius 2 is 2.17 bits per heavy atom. The van der Waals surface area contributed by atoms with Crippen LogP contribution in [-0.2, 0) is 0 Å². The molecule has 0 heterocycles. The van der Waals surface area contributed by atoms with Crippen LogP contribution in [0.4, 0.5) is 0 Å². The number of rotatable bonds is 4. The van der Waals surface area contributed by atoms with Crippen LogP contribution in [0.1, 0.15) is 22.8 Å². The number of amides is 1. The summed E-state index contributed by atoms with van der Waals surface area (Å²) in [5.74, 6) is -0.0124. The van der Waals surface area contributed by atoms with E-state index in [1.165, 1.54) is 0 Å². The Balaban J connectivity index is 2.80. The fraction of sp³-hybridized carbons (Fsp3) is 0.385. The monoisotopic (exact) mass is 328 g/mol. The first-order valence-corrected chi connectivity index (χ1v) is 6.84. The summed E-state index contributed by atoms with van der Waals surface area (Å²) in [6, 6.07) is 5.58. The van der Waals surface area contributed by atoms with Gasteiger partial charge in [0.05, 0.1) is 4.99 Å². The van der Waals surface area contributed by atoms with Gasteiger partial charge in [0.25, 0.3) is 5.91 Å². The molecule has 0 aliphatic rings. The summed E-state index contributed by atoms with van der Waals surface area (Å²) >= 11 is 8.34. The molecule has 1 unspecified atom stereocenters. The second kappa shape index (κ2) is 6.29. The molecule has 0 aliphatic heterocycles. The number of hydrogen-bond donors (Lipinski definition) is 1. The highest BCUT2D eigenvalue weighted by Gasteiger charge is 2.16. The zero-order chi connectivity index (χ0) is 13.9. The summed E-state index contributed by atoms with van der Waals surface area (Å²) in [7, 11) is 1.75. The topological polar surface area (TPSA) is 46.3 Å². The van der Waals surface area contributed by atoms with Crippen LogP contribution >= 0.6 is 28.1 Å². The van der Waals surface area contributed by atoms with Gasteiger partial charge < -0.3 is 10.6 Å². The highest BCUT2D eigenvalue weighted by Crippen LogP contribution is 2.18. The molecule has 3 nitrogen and oxygen atoms in total. The quantitative estimate of drug-likeness (QED) is 0.864. The Hall–Kier alpha value is -0.940. The molecule has 2 N–H and O–H groups in total. The predicted octanol–water partition coefficient (Wildman–Crippen LogP) is 2.75. The van der Waals surface area contributed by atoms with Crippen molar-refractivity contribution in [3.63, 3.8) is 0 Å². The molecule has 0 saturated heterocycles. The van der Waals surface area contributed by atoms with Crippen LogP contribution in [-0.4, -0.2) is 29.4 Å². The lowest BCUT2D eigenvalue weighted by molar-refractivity contribution is 0.0787. The summed E-state index contributed by atoms with van der Waals surface area (Å²) in [4.78, 5) is 14.3. The summed E-state index contributed by atoms with van der Waals surface area (Å²) in [6.45, 7) is 4.42. The van der Waals surface area contributed by atoms with Crippen molar-refractivity contribution in [3.05, 3.63) is 33.8 Å². The second-order valence-electron chi connectivity index (χ2n) is 4.45. The number of nitrogens with two attached hydrogens (primary N) is 1. The van der Waals surface area contributed by atoms with Gasteiger partial charge in [-0.05, 0) is 24.6 Å². The lowest BCUT2D eigenvalue weighted by atomic mass is 10.1. The van der Waals surface area contributed by atoms with E-state index in [1.807, 2.05) is 32.0 Å². The predicted molar refractivity (Wildman–Crippen MR) is 81.8 cm³/mol. The number of nitrogens with zero attached hydrogens (tertiary/aromatic N) is 1. The summed E-state index contributed by atoms with van der Waals surface area (Å²) < 4.78 is 0.934. The number of carbonyl (C=O) groups excluding carboxylic acids is 1. The lowest BCUT2D eigenvalue weighted by Gasteiger charge is -2.21. The third kappa shape index (κ3) is 3.78. The number of carbonyl (C=O) groups is 1. The summed E-state index contributed by atoms with van der Waals surface area (Å²) in [5.41, 5.74) is 7.31. The number of benzene rings is 1. The van der Waals surface area contributed by atoms with Crippen molar-refractivity contribution in [2.75, 3.05) is 13.6 Å². The van der Waals surface area contributed by atoms with E-state index in [4.69, 9.17) is 18.0 Å². The fourth-order valence-electron chi connectivity index (χ4n) is 1.53. The van der Waals surface area contributed by atoms with Crippen LogP contribution in [0, 0.1) is 12.8 Å². The fourth-order valence-corrected chi connectivity index (χ4v) is 1.98. The van der Waals surface area contributed by atoms with Crippen molar-refractivity contribution in [1.29, 1.82) is 0 Å². The largest absolute Gasteiger partial charge is 0.393 e. The summed E-state index contributed by atoms with van der Waals surface area (Å²) in [5, 5.41) is 0. The Morgan fingerprint density at radius 1 is 1.56 bits per heavy atom. The second-order valence-corrected chi connectivity index (χ2v) is 5.78. The van der Waals surface area contributed by atoms with Gasteiger partial charge in [0.2, 0.25) is 0 Å². The third-order valence-corrected chi connectivity index (χ3v) is 4.06. The molecule has 0 radical (unpaired) electrons. The smallest absolute Gasteiger partial charge is 0.253 e. The van der Waals surface area contributed by atoms with E-state index in [-0.39, 0.29) is 11.8 Å². The van der Waals surface area contributed by atoms with Gasteiger partial charge in [-0.3, -0.25) is 4.79 Å². The first-order chi connectivity index (χ1) is 8.32. The van der Waals surface area contributed by atoms with Gasteiger partial charge in [-0.1, -0.05) is 41.1 Å². The maximum absolute atomic E-state index is 12.2. The van der Waals surface area contributed by atoms with E-state index in [1.54, 1.807) is 11.9 Å². The minimum Gasteiger partial charge on any atom is -0.393 e. The van der Waals surface area contributed by atoms with Gasteiger partial charge in [0.15, 0.2) is 0 Å². The number of aryl methyl sites for hydroxylation is 1. The van der Waals surface area contributed by atoms with Crippen molar-refractivity contribution in [2.24, 2.45) is 11.7 Å². The zero-order valence-electron chi connectivity index (χ0n) is 10.7. The molecule has 1 rings (SSSR count). The molecule has 0 aliphatic carbocycles. The standard InChI is InChI=1S/C13H17BrN2OS/c1-8-4-5-10(6-11(8)14)13(17)16(3)7-9(2)12(15)18/h4-6,9H,7H2,1-3H3,(H2,15,18). The summed E-state index contributed by atoms with van der Waals surface area (Å²) in [6.07, 6.45) is 0. The van der Waals surface area contributed by atoms with Crippen LogP contribution in [0.15, 0.2) is 22.7 Å². The van der Waals surface area contributed by atoms with E-state index in [0.29, 0.717) is 17.1 Å². The van der Waals surface area contributed by atoms with Crippen LogP contribution in [0.3, 0.4) is 0 Å². The molecule has 1 atom stereocenters. The highest BCUT2D eigenvalue weighted by atomic mass is 79.9. The molecule has 5 heteroatoms. The van der Waals surface area contributed by atoms with Crippen molar-refractivity contribution in [2.45, 2.75) is 13.8 Å². The minimum atomic E-state index is -0.0289. The molecule has 0 bridgehead atoms. The Bertz CT molecular complexity index is 476. The van der Waals surface area contributed by atoms with Crippen LogP contribution < -0.4 is 5.73 Å². The van der Waals surface area contributed by atoms with Crippen molar-refractivity contribution in [1.82, 2.24) is 4.90 Å². The average molecular weight is 329 g/mol. The molecule has 0 aromatic heterocycles. The molecule has 0 spiro atoms. The van der Waals surface area contributed by atoms with Gasteiger partial charge in [0, 0.05) is 29.5 Å². The maximum atomic E-state index is 12.2. The lowest BCUT2D eigenvalue weighted by Crippen LogP contribution is -2.35. The molecule has 1 aromatic rings. The first-order valence-electron chi connectivity index (χ1n) is 5.64. The zero-order valence-corrected chi connectivity index (χ0v) is 13.1. The number of thiocarbonyl (C=S) groups is 1. The van der Waals surface area contributed by atoms with E-state index in [0.717, 1.165) is 10.0 Å². The Morgan fingerprint density at radius 3 is 2.67 bits per heavy atom. The molecule has 1 amide bonds. The average Bonchev–Trinajstić information content (AvgIpc) is 2.31. The Labute approximate surface area is 121 Å². The SMILES string of the molecule is Cc1ccc(C(=O)N(C)CC(C)C(N)=S)cc1Br. The molecule has 1 aromatic carbocycles. The molecular weight excluding hydrogens is 312 g/mol. The minimum absolute atomic E-state index is 0.0165. The molecule has 98 valence electrons. The van der Waals surface area contributed by atoms with Gasteiger partial charge in [-0.25, -0.2) is 0 Å². The van der Waals surface area contributed by atoms with Gasteiger partial charge in [0.1, 0.15) is 0 Å². The van der Waals surface area contributed by atoms with Crippen molar-refractivity contribution < 1.29 is 4.79 Å². The van der Waals surface area contributed by atoms with Gasteiger partial charge in [-0.2, -0.15) is 0 Å². The first kappa shape index (κ1) is 15.1. The Kier molecular flexibility index (Phi) is 5.28. The van der Waals surface area contributed by atoms with Gasteiger partial charge >= 0.3 is 0 Å². The molecule has 0 fully saturated rings.